The molecule has 3 heterocycles. The molecule has 25 heavy (non-hydrogen) atoms. The van der Waals surface area contributed by atoms with Crippen molar-refractivity contribution in [3.63, 3.8) is 0 Å². The van der Waals surface area contributed by atoms with E-state index in [-0.39, 0.29) is 0 Å². The van der Waals surface area contributed by atoms with Gasteiger partial charge in [0, 0.05) is 22.8 Å². The lowest BCUT2D eigenvalue weighted by Crippen LogP contribution is -2.20. The zero-order valence-electron chi connectivity index (χ0n) is 13.8. The van der Waals surface area contributed by atoms with Gasteiger partial charge in [0.25, 0.3) is 5.65 Å². The second-order valence-corrected chi connectivity index (χ2v) is 6.92. The van der Waals surface area contributed by atoms with Gasteiger partial charge in [-0.25, -0.2) is 4.57 Å². The van der Waals surface area contributed by atoms with Crippen molar-refractivity contribution in [1.29, 1.82) is 0 Å². The Morgan fingerprint density at radius 2 is 1.60 bits per heavy atom. The minimum absolute atomic E-state index is 0.965. The van der Waals surface area contributed by atoms with Crippen LogP contribution in [0.2, 0.25) is 0 Å². The first-order valence-electron chi connectivity index (χ1n) is 8.80. The molecule has 2 heteroatoms. The summed E-state index contributed by atoms with van der Waals surface area (Å²) in [5.74, 6) is 0. The molecule has 1 aliphatic heterocycles. The first-order valence-corrected chi connectivity index (χ1v) is 8.80. The van der Waals surface area contributed by atoms with E-state index in [1.165, 1.54) is 44.1 Å². The van der Waals surface area contributed by atoms with Crippen molar-refractivity contribution in [1.82, 2.24) is 4.57 Å². The van der Waals surface area contributed by atoms with Crippen LogP contribution in [0.1, 0.15) is 16.8 Å². The highest BCUT2D eigenvalue weighted by molar-refractivity contribution is 6.11. The van der Waals surface area contributed by atoms with Gasteiger partial charge in [0.2, 0.25) is 0 Å². The van der Waals surface area contributed by atoms with Crippen molar-refractivity contribution in [2.75, 3.05) is 0 Å². The Morgan fingerprint density at radius 3 is 2.52 bits per heavy atom. The lowest BCUT2D eigenvalue weighted by atomic mass is 10.0. The second kappa shape index (κ2) is 4.70. The van der Waals surface area contributed by atoms with Crippen LogP contribution in [0, 0.1) is 0 Å². The van der Waals surface area contributed by atoms with Crippen LogP contribution in [0.15, 0.2) is 79.0 Å². The minimum Gasteiger partial charge on any atom is -0.222 e. The Morgan fingerprint density at radius 1 is 0.800 bits per heavy atom. The Bertz CT molecular complexity index is 1280. The van der Waals surface area contributed by atoms with Crippen molar-refractivity contribution >= 4 is 27.3 Å². The number of fused-ring (bicyclic) bond motifs is 3. The van der Waals surface area contributed by atoms with Gasteiger partial charge in [-0.15, -0.1) is 0 Å². The number of nitrogens with zero attached hydrogens (tertiary/aromatic N) is 2. The zero-order valence-corrected chi connectivity index (χ0v) is 13.8. The van der Waals surface area contributed by atoms with E-state index in [2.05, 4.69) is 88.0 Å². The van der Waals surface area contributed by atoms with Gasteiger partial charge >= 0.3 is 0 Å². The molecule has 2 nitrogen and oxygen atoms in total. The van der Waals surface area contributed by atoms with E-state index in [9.17, 15) is 0 Å². The third-order valence-corrected chi connectivity index (χ3v) is 5.49. The highest BCUT2D eigenvalue weighted by Gasteiger charge is 2.30. The Balaban J connectivity index is 1.73. The standard InChI is InChI=1S/C23H17N2/c1-2-7-16(8-3-1)13-18-15-25-21-12-5-4-10-19(21)20-11-6-9-17-14-24(18)23(25)22(17)20/h1-12,15H,13-14H2/q+1. The van der Waals surface area contributed by atoms with Gasteiger partial charge in [0.15, 0.2) is 0 Å². The summed E-state index contributed by atoms with van der Waals surface area (Å²) in [6, 6.07) is 26.2. The van der Waals surface area contributed by atoms with Crippen LogP contribution in [0.3, 0.4) is 0 Å². The van der Waals surface area contributed by atoms with Crippen molar-refractivity contribution in [2.24, 2.45) is 0 Å². The van der Waals surface area contributed by atoms with Crippen LogP contribution < -0.4 is 4.40 Å². The molecule has 0 aliphatic carbocycles. The molecule has 3 aromatic carbocycles. The molecule has 6 rings (SSSR count). The largest absolute Gasteiger partial charge is 0.295 e. The van der Waals surface area contributed by atoms with Crippen molar-refractivity contribution in [3.8, 4) is 0 Å². The molecule has 0 amide bonds. The van der Waals surface area contributed by atoms with E-state index < -0.39 is 0 Å². The first-order chi connectivity index (χ1) is 12.4. The fourth-order valence-corrected chi connectivity index (χ4v) is 4.41. The molecule has 0 saturated carbocycles. The van der Waals surface area contributed by atoms with E-state index in [0.717, 1.165) is 13.0 Å². The van der Waals surface area contributed by atoms with Gasteiger partial charge in [-0.3, -0.25) is 0 Å². The molecule has 0 N–H and O–H groups in total. The number of hydrogen-bond donors (Lipinski definition) is 0. The third kappa shape index (κ3) is 1.71. The summed E-state index contributed by atoms with van der Waals surface area (Å²) in [5, 5.41) is 4.12. The number of imidazole rings is 1. The van der Waals surface area contributed by atoms with Crippen molar-refractivity contribution < 1.29 is 4.40 Å². The number of benzene rings is 3. The molecule has 118 valence electrons. The predicted molar refractivity (Wildman–Crippen MR) is 101 cm³/mol. The van der Waals surface area contributed by atoms with E-state index in [0.29, 0.717) is 0 Å². The molecule has 0 saturated heterocycles. The maximum absolute atomic E-state index is 2.50. The molecular weight excluding hydrogens is 304 g/mol. The van der Waals surface area contributed by atoms with Gasteiger partial charge in [-0.1, -0.05) is 66.7 Å². The number of aromatic nitrogens is 2. The van der Waals surface area contributed by atoms with Gasteiger partial charge in [0.05, 0.1) is 5.39 Å². The third-order valence-electron chi connectivity index (χ3n) is 5.49. The van der Waals surface area contributed by atoms with Gasteiger partial charge in [0.1, 0.15) is 24.0 Å². The summed E-state index contributed by atoms with van der Waals surface area (Å²) >= 11 is 0. The number of rotatable bonds is 2. The maximum atomic E-state index is 2.50. The summed E-state index contributed by atoms with van der Waals surface area (Å²) in [6.45, 7) is 0.974. The van der Waals surface area contributed by atoms with Crippen LogP contribution in [0.25, 0.3) is 27.3 Å². The van der Waals surface area contributed by atoms with Crippen molar-refractivity contribution in [2.45, 2.75) is 13.0 Å². The molecule has 0 bridgehead atoms. The summed E-state index contributed by atoms with van der Waals surface area (Å²) < 4.78 is 4.89. The van der Waals surface area contributed by atoms with Gasteiger partial charge < -0.3 is 0 Å². The SMILES string of the molecule is c1ccc(Cc2c[n+]3c4ccccc4c4cccc5c4c3n2C5)cc1. The molecule has 0 spiro atoms. The fraction of sp³-hybridized carbons (Fsp3) is 0.0870. The van der Waals surface area contributed by atoms with Crippen LogP contribution >= 0.6 is 0 Å². The lowest BCUT2D eigenvalue weighted by molar-refractivity contribution is -0.479. The van der Waals surface area contributed by atoms with E-state index in [1.54, 1.807) is 0 Å². The molecule has 5 aromatic rings. The highest BCUT2D eigenvalue weighted by atomic mass is 15.1. The number of pyridine rings is 1. The summed E-state index contributed by atoms with van der Waals surface area (Å²) in [6.07, 6.45) is 3.30. The zero-order chi connectivity index (χ0) is 16.4. The first kappa shape index (κ1) is 13.2. The smallest absolute Gasteiger partial charge is 0.222 e. The Labute approximate surface area is 145 Å². The van der Waals surface area contributed by atoms with E-state index >= 15 is 0 Å². The lowest BCUT2D eigenvalue weighted by Gasteiger charge is -2.03. The molecule has 0 fully saturated rings. The van der Waals surface area contributed by atoms with E-state index in [4.69, 9.17) is 0 Å². The van der Waals surface area contributed by atoms with Crippen molar-refractivity contribution in [3.05, 3.63) is 95.8 Å². The summed E-state index contributed by atoms with van der Waals surface area (Å²) in [4.78, 5) is 0. The van der Waals surface area contributed by atoms with Crippen LogP contribution in [-0.4, -0.2) is 4.57 Å². The molecule has 1 aliphatic rings. The Kier molecular flexibility index (Phi) is 2.48. The number of para-hydroxylation sites is 1. The molecular formula is C23H17N2+. The normalized spacial score (nSPS) is 12.8. The second-order valence-electron chi connectivity index (χ2n) is 6.92. The van der Waals surface area contributed by atoms with Crippen LogP contribution in [0.4, 0.5) is 0 Å². The quantitative estimate of drug-likeness (QED) is 0.328. The molecule has 0 atom stereocenters. The van der Waals surface area contributed by atoms with Gasteiger partial charge in [-0.05, 0) is 11.6 Å². The van der Waals surface area contributed by atoms with Gasteiger partial charge in [-0.2, -0.15) is 4.40 Å². The van der Waals surface area contributed by atoms with E-state index in [1.807, 2.05) is 0 Å². The van der Waals surface area contributed by atoms with Crippen LogP contribution in [0.5, 0.6) is 0 Å². The van der Waals surface area contributed by atoms with Crippen LogP contribution in [-0.2, 0) is 13.0 Å². The Hall–Kier alpha value is -3.13. The average molecular weight is 321 g/mol. The highest BCUT2D eigenvalue weighted by Crippen LogP contribution is 2.34. The molecule has 0 unspecified atom stereocenters. The predicted octanol–water partition coefficient (Wildman–Crippen LogP) is 4.49. The summed E-state index contributed by atoms with van der Waals surface area (Å²) in [7, 11) is 0. The maximum Gasteiger partial charge on any atom is 0.295 e. The molecule has 2 aromatic heterocycles. The topological polar surface area (TPSA) is 9.03 Å². The summed E-state index contributed by atoms with van der Waals surface area (Å²) in [5.41, 5.74) is 6.80. The average Bonchev–Trinajstić information content (AvgIpc) is 3.21. The minimum atomic E-state index is 0.965. The fourth-order valence-electron chi connectivity index (χ4n) is 4.41. The monoisotopic (exact) mass is 321 g/mol. The molecule has 0 radical (unpaired) electrons. The number of hydrogen-bond acceptors (Lipinski definition) is 0.